The SMILES string of the molecule is COc1ccc2cc(C3CC(O)CN3)ccc2c1. The van der Waals surface area contributed by atoms with Crippen LogP contribution in [0.3, 0.4) is 0 Å². The third-order valence-corrected chi connectivity index (χ3v) is 3.58. The number of nitrogens with one attached hydrogen (secondary N) is 1. The standard InChI is InChI=1S/C15H17NO2/c1-18-14-5-4-10-6-12(3-2-11(10)7-14)15-8-13(17)9-16-15/h2-7,13,15-17H,8-9H2,1H3. The van der Waals surface area contributed by atoms with Crippen LogP contribution in [0.15, 0.2) is 36.4 Å². The summed E-state index contributed by atoms with van der Waals surface area (Å²) in [5.41, 5.74) is 1.24. The highest BCUT2D eigenvalue weighted by atomic mass is 16.5. The van der Waals surface area contributed by atoms with Gasteiger partial charge < -0.3 is 15.2 Å². The number of benzene rings is 2. The Bertz CT molecular complexity index is 567. The molecule has 1 fully saturated rings. The Morgan fingerprint density at radius 1 is 1.17 bits per heavy atom. The van der Waals surface area contributed by atoms with Gasteiger partial charge >= 0.3 is 0 Å². The zero-order valence-electron chi connectivity index (χ0n) is 10.4. The topological polar surface area (TPSA) is 41.5 Å². The van der Waals surface area contributed by atoms with E-state index in [1.165, 1.54) is 16.3 Å². The van der Waals surface area contributed by atoms with E-state index in [0.29, 0.717) is 6.54 Å². The number of methoxy groups -OCH3 is 1. The first kappa shape index (κ1) is 11.5. The van der Waals surface area contributed by atoms with E-state index >= 15 is 0 Å². The first-order valence-corrected chi connectivity index (χ1v) is 6.25. The largest absolute Gasteiger partial charge is 0.497 e. The van der Waals surface area contributed by atoms with E-state index < -0.39 is 0 Å². The zero-order valence-corrected chi connectivity index (χ0v) is 10.4. The van der Waals surface area contributed by atoms with Gasteiger partial charge in [-0.1, -0.05) is 18.2 Å². The molecule has 0 bridgehead atoms. The molecule has 2 aromatic rings. The summed E-state index contributed by atoms with van der Waals surface area (Å²) in [6.07, 6.45) is 0.573. The molecular formula is C15H17NO2. The van der Waals surface area contributed by atoms with Gasteiger partial charge in [0, 0.05) is 12.6 Å². The van der Waals surface area contributed by atoms with Crippen LogP contribution in [0.4, 0.5) is 0 Å². The molecule has 0 spiro atoms. The van der Waals surface area contributed by atoms with Gasteiger partial charge in [-0.25, -0.2) is 0 Å². The summed E-state index contributed by atoms with van der Waals surface area (Å²) in [4.78, 5) is 0. The Morgan fingerprint density at radius 2 is 1.94 bits per heavy atom. The molecular weight excluding hydrogens is 226 g/mol. The zero-order chi connectivity index (χ0) is 12.5. The minimum absolute atomic E-state index is 0.221. The lowest BCUT2D eigenvalue weighted by atomic mass is 10.0. The molecule has 18 heavy (non-hydrogen) atoms. The average molecular weight is 243 g/mol. The second-order valence-electron chi connectivity index (χ2n) is 4.82. The second-order valence-corrected chi connectivity index (χ2v) is 4.82. The fourth-order valence-electron chi connectivity index (χ4n) is 2.56. The van der Waals surface area contributed by atoms with Gasteiger partial charge in [0.05, 0.1) is 13.2 Å². The quantitative estimate of drug-likeness (QED) is 0.850. The molecule has 1 aliphatic heterocycles. The number of aliphatic hydroxyl groups excluding tert-OH is 1. The number of aliphatic hydroxyl groups is 1. The maximum Gasteiger partial charge on any atom is 0.119 e. The Labute approximate surface area is 106 Å². The van der Waals surface area contributed by atoms with E-state index in [1.807, 2.05) is 12.1 Å². The molecule has 1 saturated heterocycles. The number of hydrogen-bond acceptors (Lipinski definition) is 3. The van der Waals surface area contributed by atoms with Crippen LogP contribution in [0.1, 0.15) is 18.0 Å². The van der Waals surface area contributed by atoms with Crippen LogP contribution in [-0.2, 0) is 0 Å². The molecule has 3 heteroatoms. The number of ether oxygens (including phenoxy) is 1. The first-order valence-electron chi connectivity index (χ1n) is 6.25. The lowest BCUT2D eigenvalue weighted by Gasteiger charge is -2.12. The highest BCUT2D eigenvalue weighted by molar-refractivity contribution is 5.84. The number of hydrogen-bond donors (Lipinski definition) is 2. The van der Waals surface area contributed by atoms with Crippen LogP contribution in [-0.4, -0.2) is 24.9 Å². The molecule has 0 saturated carbocycles. The van der Waals surface area contributed by atoms with Crippen molar-refractivity contribution in [2.75, 3.05) is 13.7 Å². The maximum absolute atomic E-state index is 9.56. The molecule has 2 atom stereocenters. The molecule has 3 rings (SSSR count). The molecule has 3 nitrogen and oxygen atoms in total. The van der Waals surface area contributed by atoms with E-state index in [4.69, 9.17) is 4.74 Å². The minimum atomic E-state index is -0.221. The van der Waals surface area contributed by atoms with Gasteiger partial charge in [0.1, 0.15) is 5.75 Å². The number of fused-ring (bicyclic) bond motifs is 1. The molecule has 0 amide bonds. The van der Waals surface area contributed by atoms with Crippen LogP contribution >= 0.6 is 0 Å². The molecule has 94 valence electrons. The number of rotatable bonds is 2. The Kier molecular flexibility index (Phi) is 2.94. The predicted octanol–water partition coefficient (Wildman–Crippen LogP) is 2.24. The van der Waals surface area contributed by atoms with E-state index in [1.54, 1.807) is 7.11 Å². The molecule has 1 heterocycles. The van der Waals surface area contributed by atoms with Gasteiger partial charge in [0.25, 0.3) is 0 Å². The molecule has 2 aromatic carbocycles. The molecule has 1 aliphatic rings. The molecule has 0 aliphatic carbocycles. The Morgan fingerprint density at radius 3 is 2.67 bits per heavy atom. The lowest BCUT2D eigenvalue weighted by molar-refractivity contribution is 0.193. The smallest absolute Gasteiger partial charge is 0.119 e. The maximum atomic E-state index is 9.56. The predicted molar refractivity (Wildman–Crippen MR) is 71.9 cm³/mol. The summed E-state index contributed by atoms with van der Waals surface area (Å²) in [5, 5.41) is 15.3. The van der Waals surface area contributed by atoms with Gasteiger partial charge in [-0.2, -0.15) is 0 Å². The van der Waals surface area contributed by atoms with Crippen LogP contribution < -0.4 is 10.1 Å². The van der Waals surface area contributed by atoms with Gasteiger partial charge in [0.15, 0.2) is 0 Å². The van der Waals surface area contributed by atoms with Crippen molar-refractivity contribution in [3.05, 3.63) is 42.0 Å². The van der Waals surface area contributed by atoms with E-state index in [0.717, 1.165) is 12.2 Å². The molecule has 2 unspecified atom stereocenters. The summed E-state index contributed by atoms with van der Waals surface area (Å²) >= 11 is 0. The third kappa shape index (κ3) is 2.07. The Balaban J connectivity index is 1.96. The third-order valence-electron chi connectivity index (χ3n) is 3.58. The van der Waals surface area contributed by atoms with Crippen LogP contribution in [0, 0.1) is 0 Å². The molecule has 0 aromatic heterocycles. The fraction of sp³-hybridized carbons (Fsp3) is 0.333. The summed E-state index contributed by atoms with van der Waals surface area (Å²) in [7, 11) is 1.68. The van der Waals surface area contributed by atoms with Crippen LogP contribution in [0.2, 0.25) is 0 Å². The van der Waals surface area contributed by atoms with Crippen molar-refractivity contribution in [3.63, 3.8) is 0 Å². The second kappa shape index (κ2) is 4.59. The highest BCUT2D eigenvalue weighted by Gasteiger charge is 2.23. The summed E-state index contributed by atoms with van der Waals surface area (Å²) in [6, 6.07) is 12.8. The summed E-state index contributed by atoms with van der Waals surface area (Å²) in [5.74, 6) is 0.879. The van der Waals surface area contributed by atoms with Crippen molar-refractivity contribution in [3.8, 4) is 5.75 Å². The van der Waals surface area contributed by atoms with E-state index in [2.05, 4.69) is 29.6 Å². The van der Waals surface area contributed by atoms with Crippen LogP contribution in [0.5, 0.6) is 5.75 Å². The average Bonchev–Trinajstić information content (AvgIpc) is 2.84. The van der Waals surface area contributed by atoms with Gasteiger partial charge in [-0.05, 0) is 41.0 Å². The van der Waals surface area contributed by atoms with Gasteiger partial charge in [0.2, 0.25) is 0 Å². The Hall–Kier alpha value is -1.58. The summed E-state index contributed by atoms with van der Waals surface area (Å²) in [6.45, 7) is 0.686. The van der Waals surface area contributed by atoms with Crippen molar-refractivity contribution in [2.45, 2.75) is 18.6 Å². The monoisotopic (exact) mass is 243 g/mol. The van der Waals surface area contributed by atoms with Crippen molar-refractivity contribution in [1.29, 1.82) is 0 Å². The van der Waals surface area contributed by atoms with Gasteiger partial charge in [-0.3, -0.25) is 0 Å². The van der Waals surface area contributed by atoms with Crippen molar-refractivity contribution >= 4 is 10.8 Å². The van der Waals surface area contributed by atoms with Crippen LogP contribution in [0.25, 0.3) is 10.8 Å². The molecule has 2 N–H and O–H groups in total. The number of β-amino-alcohol motifs (C(OH)–C–C–N with tert-alkyl or cyclic N) is 1. The summed E-state index contributed by atoms with van der Waals surface area (Å²) < 4.78 is 5.22. The van der Waals surface area contributed by atoms with E-state index in [-0.39, 0.29) is 12.1 Å². The lowest BCUT2D eigenvalue weighted by Crippen LogP contribution is -2.14. The molecule has 0 radical (unpaired) electrons. The van der Waals surface area contributed by atoms with Crippen molar-refractivity contribution in [1.82, 2.24) is 5.32 Å². The highest BCUT2D eigenvalue weighted by Crippen LogP contribution is 2.28. The minimum Gasteiger partial charge on any atom is -0.497 e. The first-order chi connectivity index (χ1) is 8.76. The van der Waals surface area contributed by atoms with Gasteiger partial charge in [-0.15, -0.1) is 0 Å². The van der Waals surface area contributed by atoms with Crippen molar-refractivity contribution in [2.24, 2.45) is 0 Å². The van der Waals surface area contributed by atoms with Crippen molar-refractivity contribution < 1.29 is 9.84 Å². The normalized spacial score (nSPS) is 23.4. The fourth-order valence-corrected chi connectivity index (χ4v) is 2.56. The van der Waals surface area contributed by atoms with E-state index in [9.17, 15) is 5.11 Å².